The molecule has 0 bridgehead atoms. The molecule has 0 atom stereocenters. The second-order valence-electron chi connectivity index (χ2n) is 6.76. The van der Waals surface area contributed by atoms with E-state index in [4.69, 9.17) is 0 Å². The molecule has 1 radical (unpaired) electrons. The quantitative estimate of drug-likeness (QED) is 0.344. The summed E-state index contributed by atoms with van der Waals surface area (Å²) in [6, 6.07) is 41.2. The van der Waals surface area contributed by atoms with Gasteiger partial charge in [0, 0.05) is 11.7 Å². The summed E-state index contributed by atoms with van der Waals surface area (Å²) in [7, 11) is -2.12. The molecule has 0 heterocycles. The molecule has 0 aliphatic rings. The molecular formula is C26H22OP. The molecule has 28 heavy (non-hydrogen) atoms. The fraction of sp³-hybridized carbons (Fsp3) is 0.0385. The van der Waals surface area contributed by atoms with E-state index in [0.29, 0.717) is 6.16 Å². The molecule has 0 saturated carbocycles. The Morgan fingerprint density at radius 2 is 0.821 bits per heavy atom. The minimum atomic E-state index is -2.12. The minimum absolute atomic E-state index is 0.186. The molecule has 4 aromatic rings. The Morgan fingerprint density at radius 3 is 1.18 bits per heavy atom. The fourth-order valence-electron chi connectivity index (χ4n) is 3.70. The van der Waals surface area contributed by atoms with Crippen molar-refractivity contribution in [1.82, 2.24) is 0 Å². The van der Waals surface area contributed by atoms with Gasteiger partial charge in [-0.1, -0.05) is 121 Å². The maximum absolute atomic E-state index is 13.4. The first-order chi connectivity index (χ1) is 13.8. The van der Waals surface area contributed by atoms with Gasteiger partial charge in [0.25, 0.3) is 0 Å². The van der Waals surface area contributed by atoms with Crippen molar-refractivity contribution in [2.75, 3.05) is 6.16 Å². The van der Waals surface area contributed by atoms with Crippen LogP contribution >= 0.6 is 7.26 Å². The standard InChI is InChI=1S/C26H22OP/c27-26(22-13-5-1-6-14-22)21-28(23-15-7-2-8-16-23,24-17-9-3-10-18-24)25-19-11-4-12-20-25/h1-20H,21H2. The predicted octanol–water partition coefficient (Wildman–Crippen LogP) is 4.86. The van der Waals surface area contributed by atoms with Gasteiger partial charge in [0.05, 0.1) is 0 Å². The third kappa shape index (κ3) is 3.54. The van der Waals surface area contributed by atoms with Crippen molar-refractivity contribution in [3.8, 4) is 0 Å². The highest BCUT2D eigenvalue weighted by molar-refractivity contribution is 7.96. The molecule has 0 unspecified atom stereocenters. The number of benzene rings is 4. The molecule has 0 aliphatic carbocycles. The van der Waals surface area contributed by atoms with Gasteiger partial charge in [-0.2, -0.15) is 0 Å². The van der Waals surface area contributed by atoms with Gasteiger partial charge in [0.1, 0.15) is 0 Å². The second-order valence-corrected chi connectivity index (χ2v) is 10.2. The van der Waals surface area contributed by atoms with Crippen LogP contribution in [0.5, 0.6) is 0 Å². The number of hydrogen-bond acceptors (Lipinski definition) is 1. The van der Waals surface area contributed by atoms with Gasteiger partial charge in [-0.05, 0) is 23.2 Å². The van der Waals surface area contributed by atoms with Gasteiger partial charge in [-0.15, -0.1) is 0 Å². The lowest BCUT2D eigenvalue weighted by atomic mass is 10.2. The Bertz CT molecular complexity index is 932. The van der Waals surface area contributed by atoms with Crippen molar-refractivity contribution in [3.05, 3.63) is 127 Å². The van der Waals surface area contributed by atoms with E-state index in [2.05, 4.69) is 72.8 Å². The summed E-state index contributed by atoms with van der Waals surface area (Å²) >= 11 is 0. The Hall–Kier alpha value is -3.02. The van der Waals surface area contributed by atoms with Crippen LogP contribution in [0, 0.1) is 0 Å². The van der Waals surface area contributed by atoms with Gasteiger partial charge in [-0.3, -0.25) is 4.79 Å². The molecule has 137 valence electrons. The zero-order valence-corrected chi connectivity index (χ0v) is 16.5. The molecule has 4 aromatic carbocycles. The average Bonchev–Trinajstić information content (AvgIpc) is 2.80. The topological polar surface area (TPSA) is 17.1 Å². The van der Waals surface area contributed by atoms with Crippen molar-refractivity contribution >= 4 is 29.0 Å². The Morgan fingerprint density at radius 1 is 0.500 bits per heavy atom. The third-order valence-electron chi connectivity index (χ3n) is 5.07. The SMILES string of the molecule is O=C(C[P](c1ccccc1)(c1ccccc1)c1ccccc1)c1ccccc1. The maximum Gasteiger partial charge on any atom is 0.167 e. The lowest BCUT2D eigenvalue weighted by Crippen LogP contribution is -2.35. The lowest BCUT2D eigenvalue weighted by molar-refractivity contribution is 0.102. The van der Waals surface area contributed by atoms with Crippen molar-refractivity contribution in [1.29, 1.82) is 0 Å². The first-order valence-electron chi connectivity index (χ1n) is 9.44. The Labute approximate surface area is 167 Å². The zero-order valence-electron chi connectivity index (χ0n) is 15.6. The lowest BCUT2D eigenvalue weighted by Gasteiger charge is -2.38. The summed E-state index contributed by atoms with van der Waals surface area (Å²) in [5.74, 6) is 0.186. The van der Waals surface area contributed by atoms with Gasteiger partial charge < -0.3 is 0 Å². The Kier molecular flexibility index (Phi) is 5.46. The zero-order chi connectivity index (χ0) is 19.2. The van der Waals surface area contributed by atoms with Crippen LogP contribution < -0.4 is 15.9 Å². The molecule has 0 N–H and O–H groups in total. The molecule has 2 heteroatoms. The van der Waals surface area contributed by atoms with Crippen molar-refractivity contribution in [2.45, 2.75) is 0 Å². The summed E-state index contributed by atoms with van der Waals surface area (Å²) in [5, 5.41) is 3.70. The number of rotatable bonds is 6. The Balaban J connectivity index is 1.95. The van der Waals surface area contributed by atoms with Crippen LogP contribution in [0.2, 0.25) is 0 Å². The van der Waals surface area contributed by atoms with Crippen LogP contribution in [-0.2, 0) is 0 Å². The van der Waals surface area contributed by atoms with E-state index in [9.17, 15) is 4.79 Å². The van der Waals surface area contributed by atoms with Crippen LogP contribution in [0.15, 0.2) is 121 Å². The molecule has 0 saturated heterocycles. The molecule has 1 nitrogen and oxygen atoms in total. The van der Waals surface area contributed by atoms with E-state index < -0.39 is 7.26 Å². The van der Waals surface area contributed by atoms with Gasteiger partial charge in [-0.25, -0.2) is 0 Å². The molecule has 4 rings (SSSR count). The van der Waals surface area contributed by atoms with Crippen LogP contribution in [-0.4, -0.2) is 11.9 Å². The predicted molar refractivity (Wildman–Crippen MR) is 121 cm³/mol. The summed E-state index contributed by atoms with van der Waals surface area (Å²) in [5.41, 5.74) is 0.773. The summed E-state index contributed by atoms with van der Waals surface area (Å²) < 4.78 is 0. The van der Waals surface area contributed by atoms with E-state index in [-0.39, 0.29) is 5.78 Å². The number of carbonyl (C=O) groups excluding carboxylic acids is 1. The first kappa shape index (κ1) is 18.3. The van der Waals surface area contributed by atoms with E-state index in [0.717, 1.165) is 5.56 Å². The minimum Gasteiger partial charge on any atom is -0.294 e. The third-order valence-corrected chi connectivity index (χ3v) is 9.37. The summed E-state index contributed by atoms with van der Waals surface area (Å²) in [6.45, 7) is 0. The van der Waals surface area contributed by atoms with Gasteiger partial charge >= 0.3 is 0 Å². The largest absolute Gasteiger partial charge is 0.294 e. The smallest absolute Gasteiger partial charge is 0.167 e. The van der Waals surface area contributed by atoms with Crippen LogP contribution in [0.25, 0.3) is 0 Å². The van der Waals surface area contributed by atoms with Crippen LogP contribution in [0.3, 0.4) is 0 Å². The molecule has 0 aromatic heterocycles. The molecule has 0 aliphatic heterocycles. The molecule has 0 amide bonds. The fourth-order valence-corrected chi connectivity index (χ4v) is 7.80. The molecular weight excluding hydrogens is 359 g/mol. The first-order valence-corrected chi connectivity index (χ1v) is 11.4. The normalized spacial score (nSPS) is 11.1. The highest BCUT2D eigenvalue weighted by Gasteiger charge is 2.36. The average molecular weight is 381 g/mol. The van der Waals surface area contributed by atoms with E-state index in [1.165, 1.54) is 15.9 Å². The summed E-state index contributed by atoms with van der Waals surface area (Å²) in [4.78, 5) is 13.4. The highest BCUT2D eigenvalue weighted by atomic mass is 31.2. The van der Waals surface area contributed by atoms with Gasteiger partial charge in [0.2, 0.25) is 0 Å². The van der Waals surface area contributed by atoms with Crippen molar-refractivity contribution in [3.63, 3.8) is 0 Å². The number of Topliss-reactive ketones (excluding diaryl/α,β-unsaturated/α-hetero) is 1. The van der Waals surface area contributed by atoms with Crippen LogP contribution in [0.1, 0.15) is 10.4 Å². The number of hydrogen-bond donors (Lipinski definition) is 0. The number of carbonyl (C=O) groups is 1. The highest BCUT2D eigenvalue weighted by Crippen LogP contribution is 2.55. The second kappa shape index (κ2) is 8.33. The van der Waals surface area contributed by atoms with Crippen molar-refractivity contribution in [2.24, 2.45) is 0 Å². The van der Waals surface area contributed by atoms with E-state index in [1.54, 1.807) is 0 Å². The maximum atomic E-state index is 13.4. The van der Waals surface area contributed by atoms with Crippen LogP contribution in [0.4, 0.5) is 0 Å². The number of ketones is 1. The van der Waals surface area contributed by atoms with E-state index >= 15 is 0 Å². The van der Waals surface area contributed by atoms with Gasteiger partial charge in [0.15, 0.2) is 5.78 Å². The van der Waals surface area contributed by atoms with Crippen molar-refractivity contribution < 1.29 is 4.79 Å². The van der Waals surface area contributed by atoms with E-state index in [1.807, 2.05) is 48.5 Å². The monoisotopic (exact) mass is 381 g/mol. The summed E-state index contributed by atoms with van der Waals surface area (Å²) in [6.07, 6.45) is 0.481. The molecule has 0 spiro atoms. The molecule has 0 fully saturated rings.